The first-order chi connectivity index (χ1) is 12.7. The molecule has 1 amide bonds. The van der Waals surface area contributed by atoms with E-state index in [0.717, 1.165) is 54.8 Å². The fraction of sp³-hybridized carbons (Fsp3) is 0.450. The average Bonchev–Trinajstić information content (AvgIpc) is 3.21. The van der Waals surface area contributed by atoms with Crippen LogP contribution >= 0.6 is 0 Å². The number of oxazole rings is 1. The molecule has 3 aromatic rings. The van der Waals surface area contributed by atoms with Crippen molar-refractivity contribution in [2.45, 2.75) is 44.4 Å². The highest BCUT2D eigenvalue weighted by atomic mass is 16.3. The zero-order valence-electron chi connectivity index (χ0n) is 14.9. The third kappa shape index (κ3) is 2.60. The Balaban J connectivity index is 1.39. The Kier molecular flexibility index (Phi) is 3.58. The number of aromatic nitrogens is 3. The van der Waals surface area contributed by atoms with Gasteiger partial charge in [0, 0.05) is 24.9 Å². The molecule has 2 aromatic heterocycles. The molecular formula is C20H22N4O2. The van der Waals surface area contributed by atoms with Gasteiger partial charge in [-0.25, -0.2) is 9.97 Å². The van der Waals surface area contributed by atoms with Gasteiger partial charge in [-0.05, 0) is 44.2 Å². The number of nitrogens with one attached hydrogen (secondary N) is 1. The number of likely N-dealkylation sites (tertiary alicyclic amines) is 1. The van der Waals surface area contributed by atoms with E-state index in [1.54, 1.807) is 0 Å². The van der Waals surface area contributed by atoms with E-state index in [-0.39, 0.29) is 11.8 Å². The summed E-state index contributed by atoms with van der Waals surface area (Å²) in [5.74, 6) is 2.37. The van der Waals surface area contributed by atoms with E-state index >= 15 is 0 Å². The van der Waals surface area contributed by atoms with Crippen LogP contribution in [0.1, 0.15) is 65.2 Å². The molecule has 1 aromatic carbocycles. The van der Waals surface area contributed by atoms with Crippen LogP contribution in [0.2, 0.25) is 0 Å². The first-order valence-electron chi connectivity index (χ1n) is 9.38. The summed E-state index contributed by atoms with van der Waals surface area (Å²) in [4.78, 5) is 27.4. The van der Waals surface area contributed by atoms with Crippen LogP contribution in [0.5, 0.6) is 0 Å². The van der Waals surface area contributed by atoms with Gasteiger partial charge in [0.2, 0.25) is 0 Å². The summed E-state index contributed by atoms with van der Waals surface area (Å²) in [7, 11) is 0. The molecule has 1 unspecified atom stereocenters. The number of rotatable bonds is 3. The maximum atomic E-state index is 13.0. The predicted molar refractivity (Wildman–Crippen MR) is 97.2 cm³/mol. The van der Waals surface area contributed by atoms with Crippen LogP contribution in [0.15, 0.2) is 29.0 Å². The second kappa shape index (κ2) is 5.97. The molecule has 134 valence electrons. The summed E-state index contributed by atoms with van der Waals surface area (Å²) < 4.78 is 5.49. The number of hydrogen-bond acceptors (Lipinski definition) is 4. The van der Waals surface area contributed by atoms with Gasteiger partial charge in [-0.15, -0.1) is 0 Å². The van der Waals surface area contributed by atoms with E-state index in [9.17, 15) is 4.79 Å². The van der Waals surface area contributed by atoms with Crippen molar-refractivity contribution in [2.75, 3.05) is 13.1 Å². The van der Waals surface area contributed by atoms with E-state index < -0.39 is 0 Å². The number of aromatic amines is 1. The number of aryl methyl sites for hydroxylation is 1. The first-order valence-corrected chi connectivity index (χ1v) is 9.38. The van der Waals surface area contributed by atoms with Gasteiger partial charge in [-0.2, -0.15) is 0 Å². The molecular weight excluding hydrogens is 328 g/mol. The molecule has 5 rings (SSSR count). The number of imidazole rings is 1. The molecule has 1 saturated heterocycles. The minimum Gasteiger partial charge on any atom is -0.447 e. The number of H-pyrrole nitrogens is 1. The second-order valence-corrected chi connectivity index (χ2v) is 7.52. The van der Waals surface area contributed by atoms with E-state index in [1.807, 2.05) is 11.0 Å². The summed E-state index contributed by atoms with van der Waals surface area (Å²) in [6.45, 7) is 3.52. The molecule has 0 bridgehead atoms. The minimum atomic E-state index is -0.00218. The lowest BCUT2D eigenvalue weighted by Crippen LogP contribution is -2.39. The molecule has 26 heavy (non-hydrogen) atoms. The van der Waals surface area contributed by atoms with Gasteiger partial charge < -0.3 is 14.3 Å². The van der Waals surface area contributed by atoms with Crippen molar-refractivity contribution in [1.29, 1.82) is 0 Å². The molecule has 1 atom stereocenters. The molecule has 2 aliphatic rings. The number of carbonyl (C=O) groups is 1. The Morgan fingerprint density at radius 1 is 1.27 bits per heavy atom. The number of nitrogens with zero attached hydrogens (tertiary/aromatic N) is 3. The van der Waals surface area contributed by atoms with Gasteiger partial charge in [0.15, 0.2) is 12.1 Å². The first kappa shape index (κ1) is 15.6. The lowest BCUT2D eigenvalue weighted by atomic mass is 9.97. The van der Waals surface area contributed by atoms with Crippen molar-refractivity contribution < 1.29 is 9.21 Å². The zero-order valence-corrected chi connectivity index (χ0v) is 14.9. The van der Waals surface area contributed by atoms with E-state index in [4.69, 9.17) is 9.40 Å². The fourth-order valence-electron chi connectivity index (χ4n) is 3.97. The number of benzene rings is 1. The molecule has 0 radical (unpaired) electrons. The Morgan fingerprint density at radius 3 is 2.96 bits per heavy atom. The van der Waals surface area contributed by atoms with Gasteiger partial charge in [0.05, 0.1) is 11.0 Å². The number of hydrogen-bond donors (Lipinski definition) is 1. The van der Waals surface area contributed by atoms with Crippen LogP contribution < -0.4 is 0 Å². The molecule has 6 heteroatoms. The smallest absolute Gasteiger partial charge is 0.276 e. The largest absolute Gasteiger partial charge is 0.447 e. The summed E-state index contributed by atoms with van der Waals surface area (Å²) in [6.07, 6.45) is 5.61. The van der Waals surface area contributed by atoms with Crippen LogP contribution in [0.4, 0.5) is 0 Å². The summed E-state index contributed by atoms with van der Waals surface area (Å²) in [5.41, 5.74) is 3.77. The van der Waals surface area contributed by atoms with Crippen LogP contribution in [0.25, 0.3) is 11.0 Å². The Morgan fingerprint density at radius 2 is 2.15 bits per heavy atom. The molecule has 1 saturated carbocycles. The highest BCUT2D eigenvalue weighted by molar-refractivity contribution is 5.93. The van der Waals surface area contributed by atoms with E-state index in [1.165, 1.54) is 12.0 Å². The fourth-order valence-corrected chi connectivity index (χ4v) is 3.97. The minimum absolute atomic E-state index is 0.00218. The van der Waals surface area contributed by atoms with Gasteiger partial charge in [0.25, 0.3) is 5.91 Å². The van der Waals surface area contributed by atoms with Gasteiger partial charge in [-0.1, -0.05) is 12.1 Å². The predicted octanol–water partition coefficient (Wildman–Crippen LogP) is 3.76. The molecule has 1 aliphatic carbocycles. The molecule has 3 heterocycles. The van der Waals surface area contributed by atoms with Crippen molar-refractivity contribution in [2.24, 2.45) is 0 Å². The Hall–Kier alpha value is -2.63. The third-order valence-electron chi connectivity index (χ3n) is 5.57. The average molecular weight is 350 g/mol. The monoisotopic (exact) mass is 350 g/mol. The van der Waals surface area contributed by atoms with Crippen LogP contribution in [-0.2, 0) is 0 Å². The Bertz CT molecular complexity index is 969. The molecule has 1 N–H and O–H groups in total. The highest BCUT2D eigenvalue weighted by Gasteiger charge is 2.35. The maximum absolute atomic E-state index is 13.0. The summed E-state index contributed by atoms with van der Waals surface area (Å²) in [6, 6.07) is 6.18. The third-order valence-corrected chi connectivity index (χ3v) is 5.57. The molecule has 0 spiro atoms. The second-order valence-electron chi connectivity index (χ2n) is 7.52. The summed E-state index contributed by atoms with van der Waals surface area (Å²) in [5, 5.41) is 0. The molecule has 2 fully saturated rings. The van der Waals surface area contributed by atoms with Crippen molar-refractivity contribution in [1.82, 2.24) is 19.9 Å². The topological polar surface area (TPSA) is 75.0 Å². The van der Waals surface area contributed by atoms with Gasteiger partial charge in [0.1, 0.15) is 11.6 Å². The highest BCUT2D eigenvalue weighted by Crippen LogP contribution is 2.42. The number of piperidine rings is 1. The Labute approximate surface area is 151 Å². The van der Waals surface area contributed by atoms with E-state index in [0.29, 0.717) is 18.2 Å². The number of amides is 1. The van der Waals surface area contributed by atoms with Crippen LogP contribution in [-0.4, -0.2) is 38.8 Å². The lowest BCUT2D eigenvalue weighted by Gasteiger charge is -2.31. The maximum Gasteiger partial charge on any atom is 0.276 e. The number of carbonyl (C=O) groups excluding carboxylic acids is 1. The van der Waals surface area contributed by atoms with Crippen molar-refractivity contribution >= 4 is 16.9 Å². The molecule has 1 aliphatic heterocycles. The number of fused-ring (bicyclic) bond motifs is 1. The SMILES string of the molecule is Cc1cccc2[nH]c(C3CCCN(C(=O)c4ncoc4C4CC4)C3)nc12. The van der Waals surface area contributed by atoms with Crippen molar-refractivity contribution in [3.05, 3.63) is 47.4 Å². The van der Waals surface area contributed by atoms with Crippen molar-refractivity contribution in [3.8, 4) is 0 Å². The number of para-hydroxylation sites is 1. The molecule has 6 nitrogen and oxygen atoms in total. The lowest BCUT2D eigenvalue weighted by molar-refractivity contribution is 0.0697. The van der Waals surface area contributed by atoms with Crippen molar-refractivity contribution in [3.63, 3.8) is 0 Å². The van der Waals surface area contributed by atoms with Crippen LogP contribution in [0.3, 0.4) is 0 Å². The quantitative estimate of drug-likeness (QED) is 0.780. The standard InChI is InChI=1S/C20H22N4O2/c1-12-4-2-6-15-16(12)23-19(22-15)14-5-3-9-24(10-14)20(25)17-18(13-7-8-13)26-11-21-17/h2,4,6,11,13-14H,3,5,7-10H2,1H3,(H,22,23). The van der Waals surface area contributed by atoms with Gasteiger partial charge in [-0.3, -0.25) is 4.79 Å². The zero-order chi connectivity index (χ0) is 17.7. The van der Waals surface area contributed by atoms with Gasteiger partial charge >= 0.3 is 0 Å². The van der Waals surface area contributed by atoms with Crippen LogP contribution in [0, 0.1) is 6.92 Å². The summed E-state index contributed by atoms with van der Waals surface area (Å²) >= 11 is 0. The normalized spacial score (nSPS) is 20.7. The van der Waals surface area contributed by atoms with E-state index in [2.05, 4.69) is 29.0 Å².